The van der Waals surface area contributed by atoms with Crippen LogP contribution in [-0.2, 0) is 13.1 Å². The third-order valence-electron chi connectivity index (χ3n) is 2.88. The molecule has 4 nitrogen and oxygen atoms in total. The quantitative estimate of drug-likeness (QED) is 0.763. The molecule has 1 aromatic carbocycles. The fourth-order valence-electron chi connectivity index (χ4n) is 1.87. The first kappa shape index (κ1) is 13.3. The van der Waals surface area contributed by atoms with Gasteiger partial charge in [-0.3, -0.25) is 0 Å². The lowest BCUT2D eigenvalue weighted by atomic mass is 10.2. The Kier molecular flexibility index (Phi) is 4.13. The summed E-state index contributed by atoms with van der Waals surface area (Å²) in [5, 5.41) is 9.66. The van der Waals surface area contributed by atoms with E-state index in [1.54, 1.807) is 24.0 Å². The van der Waals surface area contributed by atoms with Crippen molar-refractivity contribution in [2.75, 3.05) is 5.32 Å². The summed E-state index contributed by atoms with van der Waals surface area (Å²) < 4.78 is 2.98. The smallest absolute Gasteiger partial charge is 0.137 e. The van der Waals surface area contributed by atoms with Gasteiger partial charge in [0.05, 0.1) is 10.3 Å². The summed E-state index contributed by atoms with van der Waals surface area (Å²) in [6.07, 6.45) is 3.27. The van der Waals surface area contributed by atoms with Crippen molar-refractivity contribution in [3.8, 4) is 0 Å². The molecule has 6 heteroatoms. The van der Waals surface area contributed by atoms with Gasteiger partial charge in [0.15, 0.2) is 0 Å². The molecule has 0 saturated carbocycles. The van der Waals surface area contributed by atoms with Gasteiger partial charge in [-0.25, -0.2) is 9.67 Å². The molecule has 0 bridgehead atoms. The van der Waals surface area contributed by atoms with Gasteiger partial charge in [0.2, 0.25) is 0 Å². The zero-order chi connectivity index (χ0) is 13.8. The van der Waals surface area contributed by atoms with Crippen molar-refractivity contribution in [1.29, 1.82) is 0 Å². The molecule has 0 amide bonds. The number of aromatic nitrogens is 3. The van der Waals surface area contributed by atoms with E-state index >= 15 is 0 Å². The summed E-state index contributed by atoms with van der Waals surface area (Å²) in [6.45, 7) is 1.59. The van der Waals surface area contributed by atoms with Crippen molar-refractivity contribution in [1.82, 2.24) is 14.8 Å². The molecule has 0 aliphatic carbocycles. The Labute approximate surface area is 129 Å². The standard InChI is InChI=1S/C14H13BrN4S/c15-14-5-12(8-20-14)6-17-13-3-1-11(2-4-13)7-19-10-16-9-18-19/h1-5,8-10,17H,6-7H2. The fraction of sp³-hybridized carbons (Fsp3) is 0.143. The van der Waals surface area contributed by atoms with Gasteiger partial charge in [-0.05, 0) is 50.6 Å². The molecule has 0 spiro atoms. The van der Waals surface area contributed by atoms with Gasteiger partial charge in [-0.1, -0.05) is 12.1 Å². The van der Waals surface area contributed by atoms with E-state index in [2.05, 4.69) is 67.0 Å². The highest BCUT2D eigenvalue weighted by molar-refractivity contribution is 9.11. The molecule has 0 unspecified atom stereocenters. The van der Waals surface area contributed by atoms with Gasteiger partial charge in [0.25, 0.3) is 0 Å². The summed E-state index contributed by atoms with van der Waals surface area (Å²) in [5.41, 5.74) is 3.61. The predicted octanol–water partition coefficient (Wildman–Crippen LogP) is 3.76. The number of hydrogen-bond acceptors (Lipinski definition) is 4. The third kappa shape index (κ3) is 3.46. The van der Waals surface area contributed by atoms with Crippen LogP contribution in [0.15, 0.2) is 52.2 Å². The first-order valence-electron chi connectivity index (χ1n) is 6.18. The molecular formula is C14H13BrN4S. The van der Waals surface area contributed by atoms with Gasteiger partial charge in [-0.15, -0.1) is 11.3 Å². The van der Waals surface area contributed by atoms with Gasteiger partial charge < -0.3 is 5.32 Å². The molecule has 20 heavy (non-hydrogen) atoms. The number of anilines is 1. The van der Waals surface area contributed by atoms with E-state index < -0.39 is 0 Å². The van der Waals surface area contributed by atoms with E-state index in [4.69, 9.17) is 0 Å². The second kappa shape index (κ2) is 6.19. The monoisotopic (exact) mass is 348 g/mol. The molecular weight excluding hydrogens is 336 g/mol. The Balaban J connectivity index is 1.58. The Bertz CT molecular complexity index is 661. The van der Waals surface area contributed by atoms with Crippen LogP contribution in [0.2, 0.25) is 0 Å². The first-order chi connectivity index (χ1) is 9.79. The second-order valence-electron chi connectivity index (χ2n) is 4.40. The minimum atomic E-state index is 0.748. The highest BCUT2D eigenvalue weighted by Crippen LogP contribution is 2.21. The molecule has 0 atom stereocenters. The summed E-state index contributed by atoms with van der Waals surface area (Å²) in [5.74, 6) is 0. The topological polar surface area (TPSA) is 42.7 Å². The molecule has 102 valence electrons. The number of benzene rings is 1. The maximum absolute atomic E-state index is 4.10. The van der Waals surface area contributed by atoms with Crippen molar-refractivity contribution in [3.05, 3.63) is 63.3 Å². The van der Waals surface area contributed by atoms with Crippen LogP contribution in [0, 0.1) is 0 Å². The van der Waals surface area contributed by atoms with Crippen LogP contribution in [0.1, 0.15) is 11.1 Å². The van der Waals surface area contributed by atoms with E-state index in [-0.39, 0.29) is 0 Å². The summed E-state index contributed by atoms with van der Waals surface area (Å²) in [4.78, 5) is 3.94. The number of nitrogens with zero attached hydrogens (tertiary/aromatic N) is 3. The number of rotatable bonds is 5. The maximum Gasteiger partial charge on any atom is 0.137 e. The van der Waals surface area contributed by atoms with E-state index in [0.717, 1.165) is 22.6 Å². The largest absolute Gasteiger partial charge is 0.381 e. The SMILES string of the molecule is Brc1cc(CNc2ccc(Cn3cncn3)cc2)cs1. The molecule has 2 aromatic heterocycles. The Morgan fingerprint density at radius 2 is 2.05 bits per heavy atom. The minimum Gasteiger partial charge on any atom is -0.381 e. The first-order valence-corrected chi connectivity index (χ1v) is 7.85. The van der Waals surface area contributed by atoms with Gasteiger partial charge in [-0.2, -0.15) is 5.10 Å². The van der Waals surface area contributed by atoms with Crippen molar-refractivity contribution in [2.24, 2.45) is 0 Å². The minimum absolute atomic E-state index is 0.748. The lowest BCUT2D eigenvalue weighted by Gasteiger charge is -2.06. The Hall–Kier alpha value is -1.66. The van der Waals surface area contributed by atoms with Gasteiger partial charge in [0.1, 0.15) is 12.7 Å². The summed E-state index contributed by atoms with van der Waals surface area (Å²) >= 11 is 5.18. The lowest BCUT2D eigenvalue weighted by molar-refractivity contribution is 0.685. The average molecular weight is 349 g/mol. The molecule has 0 aliphatic heterocycles. The van der Waals surface area contributed by atoms with Crippen molar-refractivity contribution in [3.63, 3.8) is 0 Å². The zero-order valence-electron chi connectivity index (χ0n) is 10.7. The van der Waals surface area contributed by atoms with Crippen LogP contribution in [-0.4, -0.2) is 14.8 Å². The third-order valence-corrected chi connectivity index (χ3v) is 4.44. The van der Waals surface area contributed by atoms with E-state index in [1.807, 2.05) is 4.68 Å². The zero-order valence-corrected chi connectivity index (χ0v) is 13.1. The van der Waals surface area contributed by atoms with Crippen LogP contribution in [0.5, 0.6) is 0 Å². The van der Waals surface area contributed by atoms with E-state index in [0.29, 0.717) is 0 Å². The maximum atomic E-state index is 4.10. The molecule has 3 aromatic rings. The molecule has 2 heterocycles. The van der Waals surface area contributed by atoms with Crippen LogP contribution in [0.4, 0.5) is 5.69 Å². The molecule has 0 fully saturated rings. The van der Waals surface area contributed by atoms with Crippen molar-refractivity contribution < 1.29 is 0 Å². The van der Waals surface area contributed by atoms with E-state index in [9.17, 15) is 0 Å². The summed E-state index contributed by atoms with van der Waals surface area (Å²) in [7, 11) is 0. The second-order valence-corrected chi connectivity index (χ2v) is 6.69. The number of thiophene rings is 1. The number of nitrogens with one attached hydrogen (secondary N) is 1. The number of halogens is 1. The molecule has 0 saturated heterocycles. The van der Waals surface area contributed by atoms with Crippen molar-refractivity contribution >= 4 is 33.0 Å². The highest BCUT2D eigenvalue weighted by Gasteiger charge is 1.99. The van der Waals surface area contributed by atoms with Gasteiger partial charge >= 0.3 is 0 Å². The number of hydrogen-bond donors (Lipinski definition) is 1. The summed E-state index contributed by atoms with van der Waals surface area (Å²) in [6, 6.07) is 10.5. The Morgan fingerprint density at radius 3 is 2.70 bits per heavy atom. The fourth-order valence-corrected chi connectivity index (χ4v) is 3.08. The lowest BCUT2D eigenvalue weighted by Crippen LogP contribution is -2.01. The van der Waals surface area contributed by atoms with Crippen molar-refractivity contribution in [2.45, 2.75) is 13.1 Å². The van der Waals surface area contributed by atoms with Gasteiger partial charge in [0, 0.05) is 12.2 Å². The Morgan fingerprint density at radius 1 is 1.20 bits per heavy atom. The average Bonchev–Trinajstić information content (AvgIpc) is 3.10. The van der Waals surface area contributed by atoms with E-state index in [1.165, 1.54) is 11.1 Å². The molecule has 3 rings (SSSR count). The molecule has 1 N–H and O–H groups in total. The highest BCUT2D eigenvalue weighted by atomic mass is 79.9. The van der Waals surface area contributed by atoms with Crippen LogP contribution in [0.25, 0.3) is 0 Å². The van der Waals surface area contributed by atoms with Crippen LogP contribution < -0.4 is 5.32 Å². The van der Waals surface area contributed by atoms with Crippen LogP contribution >= 0.6 is 27.3 Å². The molecule has 0 aliphatic rings. The molecule has 0 radical (unpaired) electrons. The normalized spacial score (nSPS) is 10.7. The predicted molar refractivity (Wildman–Crippen MR) is 84.9 cm³/mol. The van der Waals surface area contributed by atoms with Crippen LogP contribution in [0.3, 0.4) is 0 Å².